The fourth-order valence-corrected chi connectivity index (χ4v) is 1.83. The van der Waals surface area contributed by atoms with Gasteiger partial charge in [0.2, 0.25) is 0 Å². The molecule has 1 rings (SSSR count). The highest BCUT2D eigenvalue weighted by Gasteiger charge is 2.11. The smallest absolute Gasteiger partial charge is 0.175 e. The van der Waals surface area contributed by atoms with Gasteiger partial charge in [-0.15, -0.1) is 0 Å². The van der Waals surface area contributed by atoms with Gasteiger partial charge in [0.1, 0.15) is 6.61 Å². The molecule has 92 valence electrons. The van der Waals surface area contributed by atoms with Crippen molar-refractivity contribution in [2.24, 2.45) is 0 Å². The van der Waals surface area contributed by atoms with E-state index in [-0.39, 0.29) is 0 Å². The number of nitrogens with zero attached hydrogens (tertiary/aromatic N) is 1. The summed E-state index contributed by atoms with van der Waals surface area (Å²) in [5, 5.41) is 8.83. The van der Waals surface area contributed by atoms with Crippen LogP contribution in [0.5, 0.6) is 11.5 Å². The van der Waals surface area contributed by atoms with Crippen LogP contribution in [0.1, 0.15) is 12.5 Å². The van der Waals surface area contributed by atoms with Crippen LogP contribution in [0.15, 0.2) is 16.6 Å². The maximum atomic E-state index is 8.83. The molecule has 1 aromatic rings. The largest absolute Gasteiger partial charge is 0.493 e. The third-order valence-corrected chi connectivity index (χ3v) is 2.63. The lowest BCUT2D eigenvalue weighted by molar-refractivity contribution is 0.108. The quantitative estimate of drug-likeness (QED) is 0.758. The molecule has 17 heavy (non-hydrogen) atoms. The Hall–Kier alpha value is -1.25. The maximum absolute atomic E-state index is 8.83. The predicted molar refractivity (Wildman–Crippen MR) is 67.4 cm³/mol. The third-order valence-electron chi connectivity index (χ3n) is 2.04. The van der Waals surface area contributed by atoms with Gasteiger partial charge in [0, 0.05) is 12.7 Å². The molecule has 0 saturated carbocycles. The highest BCUT2D eigenvalue weighted by molar-refractivity contribution is 9.10. The van der Waals surface area contributed by atoms with Gasteiger partial charge in [0.15, 0.2) is 11.5 Å². The molecular formula is C12H14BrNO3. The molecule has 1 aromatic carbocycles. The summed E-state index contributed by atoms with van der Waals surface area (Å²) >= 11 is 3.35. The summed E-state index contributed by atoms with van der Waals surface area (Å²) in [5.41, 5.74) is 0.519. The monoisotopic (exact) mass is 299 g/mol. The standard InChI is InChI=1S/C12H14BrNO3/c1-3-16-4-5-17-12-10(13)6-9(8-14)7-11(12)15-2/h6-7H,3-5H2,1-2H3. The molecule has 0 aliphatic heterocycles. The van der Waals surface area contributed by atoms with Crippen molar-refractivity contribution in [3.05, 3.63) is 22.2 Å². The minimum Gasteiger partial charge on any atom is -0.493 e. The fourth-order valence-electron chi connectivity index (χ4n) is 1.27. The van der Waals surface area contributed by atoms with Crippen LogP contribution in [0, 0.1) is 11.3 Å². The van der Waals surface area contributed by atoms with E-state index in [1.807, 2.05) is 6.92 Å². The molecule has 0 bridgehead atoms. The van der Waals surface area contributed by atoms with Crippen molar-refractivity contribution in [3.8, 4) is 17.6 Å². The first-order valence-corrected chi connectivity index (χ1v) is 6.00. The molecule has 0 aliphatic carbocycles. The zero-order valence-electron chi connectivity index (χ0n) is 9.83. The van der Waals surface area contributed by atoms with E-state index in [9.17, 15) is 0 Å². The Kier molecular flexibility index (Phi) is 5.81. The Bertz CT molecular complexity index is 415. The van der Waals surface area contributed by atoms with Crippen LogP contribution in [0.2, 0.25) is 0 Å². The van der Waals surface area contributed by atoms with Crippen molar-refractivity contribution in [2.45, 2.75) is 6.92 Å². The van der Waals surface area contributed by atoms with Crippen molar-refractivity contribution in [1.82, 2.24) is 0 Å². The maximum Gasteiger partial charge on any atom is 0.175 e. The minimum atomic E-state index is 0.439. The van der Waals surface area contributed by atoms with Crippen molar-refractivity contribution >= 4 is 15.9 Å². The molecule has 0 radical (unpaired) electrons. The van der Waals surface area contributed by atoms with Crippen LogP contribution in [0.25, 0.3) is 0 Å². The number of benzene rings is 1. The van der Waals surface area contributed by atoms with Crippen molar-refractivity contribution < 1.29 is 14.2 Å². The van der Waals surface area contributed by atoms with Gasteiger partial charge in [-0.3, -0.25) is 0 Å². The lowest BCUT2D eigenvalue weighted by Gasteiger charge is -2.12. The van der Waals surface area contributed by atoms with Crippen LogP contribution >= 0.6 is 15.9 Å². The molecule has 0 aromatic heterocycles. The van der Waals surface area contributed by atoms with Gasteiger partial charge in [0.25, 0.3) is 0 Å². The van der Waals surface area contributed by atoms with Gasteiger partial charge in [-0.05, 0) is 28.9 Å². The van der Waals surface area contributed by atoms with E-state index in [0.29, 0.717) is 41.4 Å². The fraction of sp³-hybridized carbons (Fsp3) is 0.417. The van der Waals surface area contributed by atoms with Crippen LogP contribution < -0.4 is 9.47 Å². The zero-order valence-corrected chi connectivity index (χ0v) is 11.4. The second-order valence-corrected chi connectivity index (χ2v) is 4.00. The number of ether oxygens (including phenoxy) is 3. The average molecular weight is 300 g/mol. The molecule has 0 atom stereocenters. The van der Waals surface area contributed by atoms with Gasteiger partial charge in [-0.2, -0.15) is 5.26 Å². The Labute approximate surface area is 109 Å². The molecule has 0 N–H and O–H groups in total. The number of hydrogen-bond donors (Lipinski definition) is 0. The second-order valence-electron chi connectivity index (χ2n) is 3.15. The summed E-state index contributed by atoms with van der Waals surface area (Å²) in [6, 6.07) is 5.39. The lowest BCUT2D eigenvalue weighted by atomic mass is 10.2. The molecule has 0 unspecified atom stereocenters. The first-order chi connectivity index (χ1) is 8.22. The van der Waals surface area contributed by atoms with Gasteiger partial charge >= 0.3 is 0 Å². The number of rotatable bonds is 6. The normalized spacial score (nSPS) is 9.76. The molecule has 4 nitrogen and oxygen atoms in total. The van der Waals surface area contributed by atoms with Crippen molar-refractivity contribution in [3.63, 3.8) is 0 Å². The van der Waals surface area contributed by atoms with E-state index in [0.717, 1.165) is 0 Å². The second kappa shape index (κ2) is 7.15. The van der Waals surface area contributed by atoms with Crippen LogP contribution in [0.4, 0.5) is 0 Å². The Morgan fingerprint density at radius 2 is 2.12 bits per heavy atom. The van der Waals surface area contributed by atoms with Gasteiger partial charge in [-0.25, -0.2) is 0 Å². The Balaban J connectivity index is 2.80. The summed E-state index contributed by atoms with van der Waals surface area (Å²) in [6.07, 6.45) is 0. The first kappa shape index (κ1) is 13.8. The summed E-state index contributed by atoms with van der Waals surface area (Å²) in [6.45, 7) is 3.55. The SMILES string of the molecule is CCOCCOc1c(Br)cc(C#N)cc1OC. The van der Waals surface area contributed by atoms with Crippen molar-refractivity contribution in [2.75, 3.05) is 26.9 Å². The Morgan fingerprint density at radius 1 is 1.35 bits per heavy atom. The van der Waals surface area contributed by atoms with E-state index in [1.54, 1.807) is 19.2 Å². The summed E-state index contributed by atoms with van der Waals surface area (Å²) in [4.78, 5) is 0. The van der Waals surface area contributed by atoms with Crippen LogP contribution in [0.3, 0.4) is 0 Å². The van der Waals surface area contributed by atoms with Crippen molar-refractivity contribution in [1.29, 1.82) is 5.26 Å². The van der Waals surface area contributed by atoms with Gasteiger partial charge < -0.3 is 14.2 Å². The summed E-state index contributed by atoms with van der Waals surface area (Å²) in [5.74, 6) is 1.12. The molecule has 0 saturated heterocycles. The zero-order chi connectivity index (χ0) is 12.7. The predicted octanol–water partition coefficient (Wildman–Crippen LogP) is 2.74. The van der Waals surface area contributed by atoms with E-state index >= 15 is 0 Å². The van der Waals surface area contributed by atoms with Crippen LogP contribution in [-0.2, 0) is 4.74 Å². The topological polar surface area (TPSA) is 51.5 Å². The van der Waals surface area contributed by atoms with E-state index in [4.69, 9.17) is 19.5 Å². The first-order valence-electron chi connectivity index (χ1n) is 5.21. The molecule has 0 heterocycles. The number of nitriles is 1. The molecular weight excluding hydrogens is 286 g/mol. The Morgan fingerprint density at radius 3 is 2.71 bits per heavy atom. The lowest BCUT2D eigenvalue weighted by Crippen LogP contribution is -2.07. The third kappa shape index (κ3) is 3.91. The van der Waals surface area contributed by atoms with Gasteiger partial charge in [0.05, 0.1) is 29.8 Å². The van der Waals surface area contributed by atoms with E-state index in [1.165, 1.54) is 0 Å². The number of halogens is 1. The summed E-state index contributed by atoms with van der Waals surface area (Å²) in [7, 11) is 1.54. The molecule has 0 spiro atoms. The summed E-state index contributed by atoms with van der Waals surface area (Å²) < 4.78 is 16.6. The van der Waals surface area contributed by atoms with Gasteiger partial charge in [-0.1, -0.05) is 0 Å². The molecule has 0 amide bonds. The minimum absolute atomic E-state index is 0.439. The van der Waals surface area contributed by atoms with Crippen LogP contribution in [-0.4, -0.2) is 26.9 Å². The number of methoxy groups -OCH3 is 1. The molecule has 0 aliphatic rings. The highest BCUT2D eigenvalue weighted by atomic mass is 79.9. The molecule has 0 fully saturated rings. The highest BCUT2D eigenvalue weighted by Crippen LogP contribution is 2.36. The average Bonchev–Trinajstić information content (AvgIpc) is 2.35. The molecule has 5 heteroatoms. The van der Waals surface area contributed by atoms with E-state index < -0.39 is 0 Å². The van der Waals surface area contributed by atoms with E-state index in [2.05, 4.69) is 22.0 Å². The number of hydrogen-bond acceptors (Lipinski definition) is 4.